The molecule has 3 aromatic rings. The first kappa shape index (κ1) is 24.5. The molecule has 0 saturated carbocycles. The van der Waals surface area contributed by atoms with E-state index in [2.05, 4.69) is 21.2 Å². The summed E-state index contributed by atoms with van der Waals surface area (Å²) in [6.07, 6.45) is 1.46. The molecule has 0 radical (unpaired) electrons. The monoisotopic (exact) mass is 554 g/mol. The van der Waals surface area contributed by atoms with E-state index in [1.165, 1.54) is 6.08 Å². The molecular weight excluding hydrogens is 536 g/mol. The molecule has 3 aromatic carbocycles. The van der Waals surface area contributed by atoms with E-state index >= 15 is 0 Å². The molecule has 1 amide bonds. The van der Waals surface area contributed by atoms with Crippen molar-refractivity contribution in [2.24, 2.45) is 0 Å². The molecule has 4 rings (SSSR count). The number of anilines is 1. The van der Waals surface area contributed by atoms with Crippen molar-refractivity contribution in [3.8, 4) is 29.1 Å². The summed E-state index contributed by atoms with van der Waals surface area (Å²) in [6, 6.07) is 17.8. The molecule has 178 valence electrons. The van der Waals surface area contributed by atoms with Crippen molar-refractivity contribution >= 4 is 45.2 Å². The van der Waals surface area contributed by atoms with E-state index < -0.39 is 5.91 Å². The molecule has 1 N–H and O–H groups in total. The Labute approximate surface area is 215 Å². The smallest absolute Gasteiger partial charge is 0.266 e. The van der Waals surface area contributed by atoms with E-state index in [4.69, 9.17) is 30.5 Å². The number of ether oxygens (including phenoxy) is 4. The Morgan fingerprint density at radius 1 is 1.17 bits per heavy atom. The fourth-order valence-electron chi connectivity index (χ4n) is 3.33. The first-order valence-electron chi connectivity index (χ1n) is 10.6. The van der Waals surface area contributed by atoms with Gasteiger partial charge in [-0.3, -0.25) is 4.79 Å². The summed E-state index contributed by atoms with van der Waals surface area (Å²) in [6.45, 7) is 2.84. The number of carbonyl (C=O) groups is 1. The molecule has 0 spiro atoms. The second-order valence-corrected chi connectivity index (χ2v) is 8.64. The highest BCUT2D eigenvalue weighted by atomic mass is 79.9. The predicted octanol–water partition coefficient (Wildman–Crippen LogP) is 6.35. The van der Waals surface area contributed by atoms with Gasteiger partial charge in [-0.05, 0) is 76.5 Å². The number of hydrogen-bond acceptors (Lipinski definition) is 6. The number of nitrogens with one attached hydrogen (secondary N) is 1. The summed E-state index contributed by atoms with van der Waals surface area (Å²) < 4.78 is 22.6. The first-order valence-corrected chi connectivity index (χ1v) is 11.8. The molecule has 0 fully saturated rings. The summed E-state index contributed by atoms with van der Waals surface area (Å²) in [5, 5.41) is 12.6. The molecule has 35 heavy (non-hydrogen) atoms. The summed E-state index contributed by atoms with van der Waals surface area (Å²) in [5.74, 6) is 1.89. The first-order chi connectivity index (χ1) is 17.0. The lowest BCUT2D eigenvalue weighted by molar-refractivity contribution is -0.112. The summed E-state index contributed by atoms with van der Waals surface area (Å²) in [5.41, 5.74) is 1.89. The Kier molecular flexibility index (Phi) is 7.80. The Hall–Kier alpha value is -3.67. The van der Waals surface area contributed by atoms with Crippen LogP contribution in [0.25, 0.3) is 6.08 Å². The van der Waals surface area contributed by atoms with Gasteiger partial charge in [-0.15, -0.1) is 0 Å². The molecule has 0 saturated heterocycles. The molecule has 9 heteroatoms. The van der Waals surface area contributed by atoms with Gasteiger partial charge < -0.3 is 24.3 Å². The van der Waals surface area contributed by atoms with E-state index in [9.17, 15) is 10.1 Å². The summed E-state index contributed by atoms with van der Waals surface area (Å²) in [4.78, 5) is 12.7. The Morgan fingerprint density at radius 3 is 2.77 bits per heavy atom. The van der Waals surface area contributed by atoms with E-state index in [1.54, 1.807) is 36.4 Å². The lowest BCUT2D eigenvalue weighted by Gasteiger charge is -2.12. The number of amides is 1. The van der Waals surface area contributed by atoms with Crippen LogP contribution < -0.4 is 24.3 Å². The van der Waals surface area contributed by atoms with Crippen molar-refractivity contribution in [2.45, 2.75) is 13.5 Å². The van der Waals surface area contributed by atoms with Gasteiger partial charge in [0, 0.05) is 11.8 Å². The van der Waals surface area contributed by atoms with Crippen LogP contribution in [0, 0.1) is 11.3 Å². The number of nitrogens with zero attached hydrogens (tertiary/aromatic N) is 1. The van der Waals surface area contributed by atoms with Crippen molar-refractivity contribution in [2.75, 3.05) is 18.7 Å². The molecule has 1 aliphatic rings. The Bertz CT molecular complexity index is 1310. The van der Waals surface area contributed by atoms with Gasteiger partial charge in [-0.25, -0.2) is 0 Å². The summed E-state index contributed by atoms with van der Waals surface area (Å²) >= 11 is 9.92. The maximum absolute atomic E-state index is 12.7. The van der Waals surface area contributed by atoms with Crippen LogP contribution >= 0.6 is 27.5 Å². The van der Waals surface area contributed by atoms with Gasteiger partial charge in [0.1, 0.15) is 24.0 Å². The molecule has 0 aromatic heterocycles. The zero-order valence-corrected chi connectivity index (χ0v) is 21.0. The van der Waals surface area contributed by atoms with Crippen molar-refractivity contribution in [1.29, 1.82) is 5.26 Å². The maximum atomic E-state index is 12.7. The molecule has 0 atom stereocenters. The Balaban J connectivity index is 1.47. The number of halogens is 2. The minimum atomic E-state index is -0.545. The van der Waals surface area contributed by atoms with Gasteiger partial charge in [0.05, 0.1) is 16.1 Å². The van der Waals surface area contributed by atoms with E-state index in [-0.39, 0.29) is 19.0 Å². The second kappa shape index (κ2) is 11.2. The lowest BCUT2D eigenvalue weighted by atomic mass is 10.1. The lowest BCUT2D eigenvalue weighted by Crippen LogP contribution is -2.13. The van der Waals surface area contributed by atoms with Gasteiger partial charge in [-0.2, -0.15) is 5.26 Å². The number of hydrogen-bond donors (Lipinski definition) is 1. The number of carbonyl (C=O) groups excluding carboxylic acids is 1. The number of benzene rings is 3. The highest BCUT2D eigenvalue weighted by molar-refractivity contribution is 9.10. The number of nitriles is 1. The second-order valence-electron chi connectivity index (χ2n) is 7.37. The zero-order chi connectivity index (χ0) is 24.8. The molecule has 0 aliphatic carbocycles. The van der Waals surface area contributed by atoms with Crippen LogP contribution in [-0.4, -0.2) is 19.3 Å². The molecule has 1 aliphatic heterocycles. The zero-order valence-electron chi connectivity index (χ0n) is 18.6. The van der Waals surface area contributed by atoms with E-state index in [0.29, 0.717) is 50.4 Å². The standard InChI is InChI=1S/C26H20BrClN2O5/c1-2-32-20-5-3-4-19(12-20)30-26(31)18(13-29)8-17-9-21(27)25(22(28)10-17)33-14-16-6-7-23-24(11-16)35-15-34-23/h3-12H,2,14-15H2,1H3,(H,30,31)/b18-8-. The van der Waals surface area contributed by atoms with Crippen LogP contribution in [0.1, 0.15) is 18.1 Å². The van der Waals surface area contributed by atoms with Crippen molar-refractivity contribution in [3.63, 3.8) is 0 Å². The van der Waals surface area contributed by atoms with Crippen LogP contribution in [0.2, 0.25) is 5.02 Å². The van der Waals surface area contributed by atoms with Crippen LogP contribution in [-0.2, 0) is 11.4 Å². The quantitative estimate of drug-likeness (QED) is 0.257. The molecule has 0 unspecified atom stereocenters. The van der Waals surface area contributed by atoms with E-state index in [0.717, 1.165) is 5.56 Å². The van der Waals surface area contributed by atoms with Crippen molar-refractivity contribution < 1.29 is 23.7 Å². The third-order valence-electron chi connectivity index (χ3n) is 4.92. The largest absolute Gasteiger partial charge is 0.494 e. The van der Waals surface area contributed by atoms with Crippen LogP contribution in [0.15, 0.2) is 64.6 Å². The fourth-order valence-corrected chi connectivity index (χ4v) is 4.32. The van der Waals surface area contributed by atoms with Crippen molar-refractivity contribution in [3.05, 3.63) is 80.8 Å². The predicted molar refractivity (Wildman–Crippen MR) is 136 cm³/mol. The molecule has 1 heterocycles. The third kappa shape index (κ3) is 6.07. The minimum absolute atomic E-state index is 0.0798. The fraction of sp³-hybridized carbons (Fsp3) is 0.154. The normalized spacial score (nSPS) is 12.1. The van der Waals surface area contributed by atoms with Gasteiger partial charge in [-0.1, -0.05) is 23.7 Å². The van der Waals surface area contributed by atoms with Gasteiger partial charge in [0.2, 0.25) is 6.79 Å². The molecule has 7 nitrogen and oxygen atoms in total. The van der Waals surface area contributed by atoms with Crippen LogP contribution in [0.4, 0.5) is 5.69 Å². The highest BCUT2D eigenvalue weighted by Crippen LogP contribution is 2.37. The van der Waals surface area contributed by atoms with E-state index in [1.807, 2.05) is 31.2 Å². The van der Waals surface area contributed by atoms with Gasteiger partial charge in [0.25, 0.3) is 5.91 Å². The minimum Gasteiger partial charge on any atom is -0.494 e. The van der Waals surface area contributed by atoms with Crippen LogP contribution in [0.3, 0.4) is 0 Å². The van der Waals surface area contributed by atoms with Gasteiger partial charge in [0.15, 0.2) is 17.2 Å². The topological polar surface area (TPSA) is 89.8 Å². The van der Waals surface area contributed by atoms with Crippen LogP contribution in [0.5, 0.6) is 23.0 Å². The molecular formula is C26H20BrClN2O5. The summed E-state index contributed by atoms with van der Waals surface area (Å²) in [7, 11) is 0. The maximum Gasteiger partial charge on any atom is 0.266 e. The average Bonchev–Trinajstić information content (AvgIpc) is 3.30. The third-order valence-corrected chi connectivity index (χ3v) is 5.79. The number of rotatable bonds is 8. The molecule has 0 bridgehead atoms. The van der Waals surface area contributed by atoms with Gasteiger partial charge >= 0.3 is 0 Å². The Morgan fingerprint density at radius 2 is 2.00 bits per heavy atom. The SMILES string of the molecule is CCOc1cccc(NC(=O)/C(C#N)=C\c2cc(Cl)c(OCc3ccc4c(c3)OCO4)c(Br)c2)c1. The highest BCUT2D eigenvalue weighted by Gasteiger charge is 2.16. The number of fused-ring (bicyclic) bond motifs is 1. The van der Waals surface area contributed by atoms with Crippen molar-refractivity contribution in [1.82, 2.24) is 0 Å². The average molecular weight is 556 g/mol.